The Labute approximate surface area is 437 Å². The number of aliphatic hydroxyl groups excluding tert-OH is 1. The van der Waals surface area contributed by atoms with Crippen LogP contribution in [0.25, 0.3) is 0 Å². The highest BCUT2D eigenvalue weighted by Gasteiger charge is 2.28. The van der Waals surface area contributed by atoms with Gasteiger partial charge in [-0.05, 0) is 70.6 Å². The normalized spacial score (nSPS) is 14.2. The highest BCUT2D eigenvalue weighted by Crippen LogP contribution is 2.43. The first-order valence-electron chi connectivity index (χ1n) is 27.8. The molecule has 72 heavy (non-hydrogen) atoms. The molecule has 0 aliphatic carbocycles. The van der Waals surface area contributed by atoms with Crippen molar-refractivity contribution >= 4 is 25.7 Å². The quantitative estimate of drug-likeness (QED) is 0.0197. The first-order chi connectivity index (χ1) is 35.2. The minimum absolute atomic E-state index is 0.0133. The molecule has 0 amide bonds. The molecule has 11 nitrogen and oxygen atoms in total. The molecule has 0 saturated carbocycles. The third-order valence-corrected chi connectivity index (χ3v) is 12.2. The van der Waals surface area contributed by atoms with Gasteiger partial charge in [0.1, 0.15) is 12.7 Å². The summed E-state index contributed by atoms with van der Waals surface area (Å²) in [6.45, 7) is 4.21. The summed E-state index contributed by atoms with van der Waals surface area (Å²) in [6.07, 6.45) is 63.9. The number of carbonyl (C=O) groups is 3. The Hall–Kier alpha value is -3.86. The van der Waals surface area contributed by atoms with Gasteiger partial charge in [-0.25, -0.2) is 4.57 Å². The Morgan fingerprint density at radius 3 is 1.18 bits per heavy atom. The molecule has 0 saturated heterocycles. The van der Waals surface area contributed by atoms with E-state index in [-0.39, 0.29) is 19.3 Å². The average molecular weight is 1030 g/mol. The van der Waals surface area contributed by atoms with Gasteiger partial charge in [0.05, 0.1) is 26.2 Å². The number of esters is 3. The van der Waals surface area contributed by atoms with Gasteiger partial charge in [-0.15, -0.1) is 0 Å². The van der Waals surface area contributed by atoms with E-state index in [4.69, 9.17) is 23.3 Å². The van der Waals surface area contributed by atoms with Crippen LogP contribution < -0.4 is 0 Å². The van der Waals surface area contributed by atoms with Gasteiger partial charge in [0.25, 0.3) is 0 Å². The monoisotopic (exact) mass is 1030 g/mol. The summed E-state index contributed by atoms with van der Waals surface area (Å²) in [7, 11) is -4.79. The van der Waals surface area contributed by atoms with Crippen LogP contribution >= 0.6 is 7.82 Å². The molecule has 3 unspecified atom stereocenters. The first-order valence-corrected chi connectivity index (χ1v) is 29.3. The number of phosphoric ester groups is 1. The number of ether oxygens (including phenoxy) is 3. The van der Waals surface area contributed by atoms with Crippen LogP contribution in [0, 0.1) is 0 Å². The fourth-order valence-corrected chi connectivity index (χ4v) is 7.87. The molecule has 3 atom stereocenters. The lowest BCUT2D eigenvalue weighted by atomic mass is 10.0. The molecule has 0 aromatic heterocycles. The van der Waals surface area contributed by atoms with Crippen LogP contribution in [0.3, 0.4) is 0 Å². The number of unbranched alkanes of at least 4 members (excludes halogenated alkanes) is 16. The van der Waals surface area contributed by atoms with E-state index in [1.54, 1.807) is 6.08 Å². The average Bonchev–Trinajstić information content (AvgIpc) is 3.37. The van der Waals surface area contributed by atoms with Gasteiger partial charge in [0, 0.05) is 12.8 Å². The standard InChI is InChI=1S/C60H99O11P/c1-4-7-10-13-16-19-22-25-27-28-30-33-36-39-42-45-48-51-60(64)71-57(53-67-58(62)49-46-43-40-37-34-32-29-26-23-20-17-14-11-8-5-2)55-69-72(65,66)68-54-56(52-61)70-59(63)50-47-44-41-38-35-31-24-21-18-15-12-9-6-3/h8-9,11-12,17-18,20-21,26,29,31,34-35,37,41,43-44,46,56-57,61H,4-7,10,13-16,19,22-25,27-28,30,32-33,36,38-40,42,45,47-55H2,1-3H3,(H,65,66)/b11-8-,12-9-,20-17-,21-18-,29-26-,35-31-,37-34-,44-41-,46-43-. The Bertz CT molecular complexity index is 1620. The third kappa shape index (κ3) is 51.1. The lowest BCUT2D eigenvalue weighted by Crippen LogP contribution is -2.30. The Balaban J connectivity index is 4.89. The second-order valence-corrected chi connectivity index (χ2v) is 19.5. The second-order valence-electron chi connectivity index (χ2n) is 18.0. The molecule has 0 aromatic carbocycles. The lowest BCUT2D eigenvalue weighted by Gasteiger charge is -2.21. The molecule has 0 bridgehead atoms. The second kappa shape index (κ2) is 53.4. The minimum Gasteiger partial charge on any atom is -0.461 e. The molecule has 0 aliphatic rings. The number of hydrogen-bond acceptors (Lipinski definition) is 10. The molecular formula is C60H99O11P. The van der Waals surface area contributed by atoms with Crippen molar-refractivity contribution in [2.24, 2.45) is 0 Å². The molecule has 0 aliphatic heterocycles. The molecule has 0 heterocycles. The maximum Gasteiger partial charge on any atom is 0.472 e. The Morgan fingerprint density at radius 2 is 0.764 bits per heavy atom. The van der Waals surface area contributed by atoms with E-state index < -0.39 is 64.4 Å². The van der Waals surface area contributed by atoms with Gasteiger partial charge in [0.2, 0.25) is 0 Å². The van der Waals surface area contributed by atoms with E-state index in [0.717, 1.165) is 70.6 Å². The molecular weight excluding hydrogens is 928 g/mol. The largest absolute Gasteiger partial charge is 0.472 e. The van der Waals surface area contributed by atoms with Crippen molar-refractivity contribution < 1.29 is 52.2 Å². The predicted octanol–water partition coefficient (Wildman–Crippen LogP) is 16.2. The third-order valence-electron chi connectivity index (χ3n) is 11.2. The summed E-state index contributed by atoms with van der Waals surface area (Å²) in [5.74, 6) is -1.71. The van der Waals surface area contributed by atoms with Gasteiger partial charge in [-0.1, -0.05) is 233 Å². The number of aliphatic hydroxyl groups is 1. The van der Waals surface area contributed by atoms with Crippen LogP contribution in [0.2, 0.25) is 0 Å². The van der Waals surface area contributed by atoms with Crippen molar-refractivity contribution in [1.82, 2.24) is 0 Å². The Kier molecular flexibility index (Phi) is 50.6. The van der Waals surface area contributed by atoms with Gasteiger partial charge in [-0.2, -0.15) is 0 Å². The summed E-state index contributed by atoms with van der Waals surface area (Å²) < 4.78 is 39.2. The maximum absolute atomic E-state index is 12.9. The Morgan fingerprint density at radius 1 is 0.417 bits per heavy atom. The topological polar surface area (TPSA) is 155 Å². The molecule has 0 spiro atoms. The number of allylic oxidation sites excluding steroid dienone is 17. The maximum atomic E-state index is 12.9. The van der Waals surface area contributed by atoms with Crippen molar-refractivity contribution in [3.63, 3.8) is 0 Å². The molecule has 0 rings (SSSR count). The summed E-state index contributed by atoms with van der Waals surface area (Å²) in [6, 6.07) is 0. The predicted molar refractivity (Wildman–Crippen MR) is 297 cm³/mol. The fraction of sp³-hybridized carbons (Fsp3) is 0.650. The van der Waals surface area contributed by atoms with Crippen molar-refractivity contribution in [3.05, 3.63) is 109 Å². The van der Waals surface area contributed by atoms with Gasteiger partial charge >= 0.3 is 25.7 Å². The SMILES string of the molecule is CC/C=C\C/C=C\C/C=C\C/C=C\C/C=C\CC(=O)OCC(COP(=O)(O)OCC(CO)OC(=O)CC/C=C\C/C=C\C/C=C\C/C=C\CC)OC(=O)CCCCCCCCCCCCCCCCCCC. The van der Waals surface area contributed by atoms with Crippen LogP contribution in [-0.4, -0.2) is 66.5 Å². The number of rotatable bonds is 50. The van der Waals surface area contributed by atoms with E-state index in [2.05, 4.69) is 93.7 Å². The number of carbonyl (C=O) groups excluding carboxylic acids is 3. The summed E-state index contributed by atoms with van der Waals surface area (Å²) >= 11 is 0. The van der Waals surface area contributed by atoms with E-state index in [1.807, 2.05) is 30.4 Å². The molecule has 0 fully saturated rings. The molecule has 12 heteroatoms. The molecule has 0 aromatic rings. The highest BCUT2D eigenvalue weighted by atomic mass is 31.2. The van der Waals surface area contributed by atoms with E-state index >= 15 is 0 Å². The summed E-state index contributed by atoms with van der Waals surface area (Å²) in [5.41, 5.74) is 0. The summed E-state index contributed by atoms with van der Waals surface area (Å²) in [5, 5.41) is 9.77. The lowest BCUT2D eigenvalue weighted by molar-refractivity contribution is -0.161. The van der Waals surface area contributed by atoms with E-state index in [1.165, 1.54) is 83.5 Å². The van der Waals surface area contributed by atoms with Crippen molar-refractivity contribution in [1.29, 1.82) is 0 Å². The zero-order valence-corrected chi connectivity index (χ0v) is 46.0. The molecule has 0 radical (unpaired) electrons. The smallest absolute Gasteiger partial charge is 0.461 e. The van der Waals surface area contributed by atoms with Crippen molar-refractivity contribution in [3.8, 4) is 0 Å². The zero-order chi connectivity index (χ0) is 52.7. The van der Waals surface area contributed by atoms with Crippen LogP contribution in [0.4, 0.5) is 0 Å². The van der Waals surface area contributed by atoms with E-state index in [9.17, 15) is 28.9 Å². The molecule has 410 valence electrons. The van der Waals surface area contributed by atoms with Gasteiger partial charge in [0.15, 0.2) is 6.10 Å². The van der Waals surface area contributed by atoms with Crippen LogP contribution in [0.15, 0.2) is 109 Å². The van der Waals surface area contributed by atoms with Crippen molar-refractivity contribution in [2.45, 2.75) is 226 Å². The summed E-state index contributed by atoms with van der Waals surface area (Å²) in [4.78, 5) is 48.3. The van der Waals surface area contributed by atoms with Crippen LogP contribution in [-0.2, 0) is 42.2 Å². The van der Waals surface area contributed by atoms with Gasteiger partial charge in [-0.3, -0.25) is 23.4 Å². The zero-order valence-electron chi connectivity index (χ0n) is 45.1. The van der Waals surface area contributed by atoms with E-state index in [0.29, 0.717) is 19.3 Å². The fourth-order valence-electron chi connectivity index (χ4n) is 7.09. The van der Waals surface area contributed by atoms with Crippen LogP contribution in [0.5, 0.6) is 0 Å². The number of hydrogen-bond donors (Lipinski definition) is 2. The van der Waals surface area contributed by atoms with Gasteiger partial charge < -0.3 is 24.2 Å². The van der Waals surface area contributed by atoms with Crippen molar-refractivity contribution in [2.75, 3.05) is 26.4 Å². The highest BCUT2D eigenvalue weighted by molar-refractivity contribution is 7.47. The minimum atomic E-state index is -4.79. The van der Waals surface area contributed by atoms with Crippen LogP contribution in [0.1, 0.15) is 213 Å². The number of phosphoric acid groups is 1. The first kappa shape index (κ1) is 68.1. The molecule has 2 N–H and O–H groups in total.